The van der Waals surface area contributed by atoms with Gasteiger partial charge in [-0.25, -0.2) is 0 Å². The van der Waals surface area contributed by atoms with Gasteiger partial charge in [0.05, 0.1) is 5.76 Å². The molecule has 228 valence electrons. The van der Waals surface area contributed by atoms with Gasteiger partial charge in [0.15, 0.2) is 0 Å². The maximum absolute atomic E-state index is 13.1. The van der Waals surface area contributed by atoms with Gasteiger partial charge in [-0.3, -0.25) is 33.7 Å². The number of carboxylic acids is 1. The second kappa shape index (κ2) is 16.7. The minimum atomic E-state index is -1.15. The predicted molar refractivity (Wildman–Crippen MR) is 155 cm³/mol. The van der Waals surface area contributed by atoms with Crippen LogP contribution in [0.15, 0.2) is 48.8 Å². The highest BCUT2D eigenvalue weighted by Gasteiger charge is 2.29. The van der Waals surface area contributed by atoms with Crippen molar-refractivity contribution in [3.05, 3.63) is 54.3 Å². The van der Waals surface area contributed by atoms with Crippen LogP contribution >= 0.6 is 0 Å². The van der Waals surface area contributed by atoms with E-state index in [1.54, 1.807) is 45.0 Å². The maximum Gasteiger partial charge on any atom is 0.303 e. The Morgan fingerprint density at radius 3 is 2.14 bits per heavy atom. The zero-order valence-electron chi connectivity index (χ0n) is 24.3. The van der Waals surface area contributed by atoms with Crippen LogP contribution in [-0.2, 0) is 40.1 Å². The number of hydrogen-bond acceptors (Lipinski definition) is 7. The molecular weight excluding hydrogens is 544 g/mol. The van der Waals surface area contributed by atoms with E-state index in [0.717, 1.165) is 10.5 Å². The number of unbranched alkanes of at least 4 members (excludes halogenated alkanes) is 2. The fourth-order valence-corrected chi connectivity index (χ4v) is 4.08. The summed E-state index contributed by atoms with van der Waals surface area (Å²) in [6.07, 6.45) is 3.72. The molecule has 12 heteroatoms. The first kappa shape index (κ1) is 33.7. The van der Waals surface area contributed by atoms with E-state index in [1.807, 2.05) is 0 Å². The van der Waals surface area contributed by atoms with Gasteiger partial charge in [-0.15, -0.1) is 0 Å². The minimum absolute atomic E-state index is 0.132. The van der Waals surface area contributed by atoms with Gasteiger partial charge in [0.1, 0.15) is 18.7 Å². The summed E-state index contributed by atoms with van der Waals surface area (Å²) in [5.41, 5.74) is 1.31. The number of anilines is 1. The molecule has 12 nitrogen and oxygen atoms in total. The second-order valence-electron chi connectivity index (χ2n) is 10.4. The molecule has 0 unspecified atom stereocenters. The van der Waals surface area contributed by atoms with E-state index in [2.05, 4.69) is 22.5 Å². The van der Waals surface area contributed by atoms with Crippen LogP contribution < -0.4 is 16.0 Å². The van der Waals surface area contributed by atoms with Crippen molar-refractivity contribution in [1.29, 1.82) is 0 Å². The number of aliphatic carboxylic acids is 1. The highest BCUT2D eigenvalue weighted by Crippen LogP contribution is 2.14. The molecule has 0 saturated carbocycles. The smallest absolute Gasteiger partial charge is 0.303 e. The average Bonchev–Trinajstić information content (AvgIpc) is 3.25. The Morgan fingerprint density at radius 1 is 0.929 bits per heavy atom. The third-order valence-electron chi connectivity index (χ3n) is 6.44. The molecule has 5 amide bonds. The second-order valence-corrected chi connectivity index (χ2v) is 10.4. The first-order valence-corrected chi connectivity index (χ1v) is 13.9. The van der Waals surface area contributed by atoms with E-state index in [1.165, 1.54) is 12.2 Å². The number of carboxylic acid groups (broad SMARTS) is 1. The van der Waals surface area contributed by atoms with Crippen molar-refractivity contribution in [3.63, 3.8) is 0 Å². The number of amides is 5. The number of ether oxygens (including phenoxy) is 1. The summed E-state index contributed by atoms with van der Waals surface area (Å²) in [5, 5.41) is 17.2. The Hall–Kier alpha value is -4.48. The Kier molecular flexibility index (Phi) is 13.4. The molecule has 0 bridgehead atoms. The van der Waals surface area contributed by atoms with Crippen LogP contribution in [0.25, 0.3) is 0 Å². The van der Waals surface area contributed by atoms with Gasteiger partial charge in [-0.2, -0.15) is 0 Å². The summed E-state index contributed by atoms with van der Waals surface area (Å²) < 4.78 is 5.37. The molecule has 2 rings (SSSR count). The number of rotatable bonds is 18. The maximum atomic E-state index is 13.1. The fourth-order valence-electron chi connectivity index (χ4n) is 4.08. The number of nitrogens with zero attached hydrogens (tertiary/aromatic N) is 1. The average molecular weight is 585 g/mol. The zero-order valence-corrected chi connectivity index (χ0v) is 24.3. The summed E-state index contributed by atoms with van der Waals surface area (Å²) in [6, 6.07) is 4.76. The number of nitrogens with one attached hydrogen (secondary N) is 3. The van der Waals surface area contributed by atoms with E-state index < -0.39 is 29.9 Å². The SMILES string of the molecule is C=C(C)OCc1ccc(NC(=O)[C@H](CCC(=O)O)NC(=O)[C@@H](NC(=O)CCCCCN2C(=O)C=CC2=O)C(C)C)cc1. The highest BCUT2D eigenvalue weighted by molar-refractivity contribution is 6.12. The molecule has 2 atom stereocenters. The molecule has 1 aliphatic rings. The molecule has 0 aliphatic carbocycles. The van der Waals surface area contributed by atoms with Crippen molar-refractivity contribution in [2.75, 3.05) is 11.9 Å². The van der Waals surface area contributed by atoms with Crippen LogP contribution in [-0.4, -0.2) is 64.1 Å². The zero-order chi connectivity index (χ0) is 31.2. The lowest BCUT2D eigenvalue weighted by Crippen LogP contribution is -2.54. The van der Waals surface area contributed by atoms with Gasteiger partial charge in [0.2, 0.25) is 17.7 Å². The van der Waals surface area contributed by atoms with Crippen LogP contribution in [0.2, 0.25) is 0 Å². The van der Waals surface area contributed by atoms with E-state index >= 15 is 0 Å². The molecule has 4 N–H and O–H groups in total. The monoisotopic (exact) mass is 584 g/mol. The molecule has 0 fully saturated rings. The first-order chi connectivity index (χ1) is 19.9. The summed E-state index contributed by atoms with van der Waals surface area (Å²) in [4.78, 5) is 74.3. The third-order valence-corrected chi connectivity index (χ3v) is 6.44. The van der Waals surface area contributed by atoms with Gasteiger partial charge < -0.3 is 25.8 Å². The Labute approximate surface area is 245 Å². The topological polar surface area (TPSA) is 171 Å². The molecule has 1 aromatic carbocycles. The quantitative estimate of drug-likeness (QED) is 0.116. The summed E-state index contributed by atoms with van der Waals surface area (Å²) >= 11 is 0. The predicted octanol–water partition coefficient (Wildman–Crippen LogP) is 2.65. The van der Waals surface area contributed by atoms with E-state index in [-0.39, 0.29) is 49.4 Å². The number of imide groups is 1. The molecule has 0 radical (unpaired) electrons. The number of carbonyl (C=O) groups is 6. The molecule has 0 aromatic heterocycles. The van der Waals surface area contributed by atoms with Gasteiger partial charge in [-0.05, 0) is 49.8 Å². The lowest BCUT2D eigenvalue weighted by molar-refractivity contribution is -0.138. The molecule has 1 aliphatic heterocycles. The standard InChI is InChI=1S/C30H40N4O8/c1-19(2)28(33-24(35)8-6-5-7-17-34-25(36)14-15-26(34)37)30(41)32-23(13-16-27(38)39)29(40)31-22-11-9-21(10-12-22)18-42-20(3)4/h9-12,14-15,19,23,28H,3,5-8,13,16-18H2,1-2,4H3,(H,31,40)(H,32,41)(H,33,35)(H,38,39)/t23-,28-/m0/s1. The molecular formula is C30H40N4O8. The molecule has 1 aromatic rings. The normalized spacial score (nSPS) is 14.0. The molecule has 0 saturated heterocycles. The van der Waals surface area contributed by atoms with Crippen LogP contribution in [0.4, 0.5) is 5.69 Å². The molecule has 1 heterocycles. The van der Waals surface area contributed by atoms with Gasteiger partial charge in [0.25, 0.3) is 11.8 Å². The van der Waals surface area contributed by atoms with Crippen LogP contribution in [0.1, 0.15) is 64.9 Å². The lowest BCUT2D eigenvalue weighted by Gasteiger charge is -2.25. The Balaban J connectivity index is 1.91. The van der Waals surface area contributed by atoms with Crippen LogP contribution in [0.3, 0.4) is 0 Å². The Bertz CT molecular complexity index is 1170. The minimum Gasteiger partial charge on any atom is -0.494 e. The Morgan fingerprint density at radius 2 is 1.57 bits per heavy atom. The molecule has 42 heavy (non-hydrogen) atoms. The largest absolute Gasteiger partial charge is 0.494 e. The highest BCUT2D eigenvalue weighted by atomic mass is 16.5. The van der Waals surface area contributed by atoms with Gasteiger partial charge in [-0.1, -0.05) is 39.0 Å². The van der Waals surface area contributed by atoms with Crippen molar-refractivity contribution >= 4 is 41.2 Å². The van der Waals surface area contributed by atoms with E-state index in [4.69, 9.17) is 9.84 Å². The third kappa shape index (κ3) is 11.6. The van der Waals surface area contributed by atoms with E-state index in [0.29, 0.717) is 37.3 Å². The van der Waals surface area contributed by atoms with Crippen LogP contribution in [0.5, 0.6) is 0 Å². The summed E-state index contributed by atoms with van der Waals surface area (Å²) in [6.45, 7) is 9.50. The number of allylic oxidation sites excluding steroid dienone is 1. The van der Waals surface area contributed by atoms with Crippen molar-refractivity contribution in [2.24, 2.45) is 5.92 Å². The summed E-state index contributed by atoms with van der Waals surface area (Å²) in [5.74, 6) is -3.10. The fraction of sp³-hybridized carbons (Fsp3) is 0.467. The first-order valence-electron chi connectivity index (χ1n) is 13.9. The van der Waals surface area contributed by atoms with Gasteiger partial charge >= 0.3 is 5.97 Å². The van der Waals surface area contributed by atoms with Crippen molar-refractivity contribution in [2.45, 2.75) is 78.0 Å². The number of carbonyl (C=O) groups excluding carboxylic acids is 5. The van der Waals surface area contributed by atoms with Crippen molar-refractivity contribution in [1.82, 2.24) is 15.5 Å². The number of benzene rings is 1. The van der Waals surface area contributed by atoms with Crippen molar-refractivity contribution in [3.8, 4) is 0 Å². The molecule has 0 spiro atoms. The number of hydrogen-bond donors (Lipinski definition) is 4. The van der Waals surface area contributed by atoms with Gasteiger partial charge in [0, 0.05) is 37.2 Å². The van der Waals surface area contributed by atoms with E-state index in [9.17, 15) is 28.8 Å². The van der Waals surface area contributed by atoms with Crippen LogP contribution in [0, 0.1) is 5.92 Å². The van der Waals surface area contributed by atoms with Crippen molar-refractivity contribution < 1.29 is 38.6 Å². The lowest BCUT2D eigenvalue weighted by atomic mass is 10.0. The summed E-state index contributed by atoms with van der Waals surface area (Å²) in [7, 11) is 0.